The fourth-order valence-electron chi connectivity index (χ4n) is 1.85. The van der Waals surface area contributed by atoms with Crippen molar-refractivity contribution in [3.8, 4) is 0 Å². The Morgan fingerprint density at radius 1 is 1.50 bits per heavy atom. The van der Waals surface area contributed by atoms with Gasteiger partial charge in [0.05, 0.1) is 18.8 Å². The first kappa shape index (κ1) is 14.7. The van der Waals surface area contributed by atoms with Gasteiger partial charge in [0.15, 0.2) is 0 Å². The number of hydrogen-bond acceptors (Lipinski definition) is 4. The van der Waals surface area contributed by atoms with Crippen LogP contribution in [0.1, 0.15) is 20.3 Å². The molecule has 3 N–H and O–H groups in total. The van der Waals surface area contributed by atoms with Crippen LogP contribution in [0.3, 0.4) is 0 Å². The third-order valence-corrected chi connectivity index (χ3v) is 2.90. The van der Waals surface area contributed by atoms with Crippen molar-refractivity contribution < 1.29 is 24.5 Å². The summed E-state index contributed by atoms with van der Waals surface area (Å²) in [5.41, 5.74) is -0.468. The van der Waals surface area contributed by atoms with Gasteiger partial charge < -0.3 is 25.2 Å². The fourth-order valence-corrected chi connectivity index (χ4v) is 1.85. The lowest BCUT2D eigenvalue weighted by Crippen LogP contribution is -2.60. The second kappa shape index (κ2) is 6.01. The second-order valence-electron chi connectivity index (χ2n) is 4.87. The Hall–Kier alpha value is -1.34. The number of urea groups is 1. The van der Waals surface area contributed by atoms with Crippen molar-refractivity contribution in [2.24, 2.45) is 0 Å². The molecule has 18 heavy (non-hydrogen) atoms. The maximum absolute atomic E-state index is 12.0. The zero-order valence-electron chi connectivity index (χ0n) is 10.7. The van der Waals surface area contributed by atoms with Gasteiger partial charge in [0, 0.05) is 19.6 Å². The van der Waals surface area contributed by atoms with E-state index in [0.717, 1.165) is 0 Å². The predicted molar refractivity (Wildman–Crippen MR) is 63.3 cm³/mol. The molecule has 1 atom stereocenters. The smallest absolute Gasteiger partial charge is 0.326 e. The number of morpholine rings is 1. The Morgan fingerprint density at radius 3 is 2.67 bits per heavy atom. The Labute approximate surface area is 106 Å². The molecule has 7 heteroatoms. The Balaban J connectivity index is 2.65. The van der Waals surface area contributed by atoms with Crippen molar-refractivity contribution in [2.75, 3.05) is 26.4 Å². The van der Waals surface area contributed by atoms with Crippen LogP contribution < -0.4 is 5.32 Å². The average molecular weight is 260 g/mol. The van der Waals surface area contributed by atoms with Crippen LogP contribution in [-0.4, -0.2) is 65.1 Å². The van der Waals surface area contributed by atoms with Crippen LogP contribution in [-0.2, 0) is 9.53 Å². The fraction of sp³-hybridized carbons (Fsp3) is 0.818. The molecule has 1 aliphatic heterocycles. The van der Waals surface area contributed by atoms with Crippen LogP contribution >= 0.6 is 0 Å². The van der Waals surface area contributed by atoms with Crippen LogP contribution in [0.2, 0.25) is 0 Å². The van der Waals surface area contributed by atoms with Gasteiger partial charge in [-0.25, -0.2) is 9.59 Å². The van der Waals surface area contributed by atoms with E-state index in [9.17, 15) is 9.59 Å². The van der Waals surface area contributed by atoms with Crippen LogP contribution in [0.5, 0.6) is 0 Å². The maximum atomic E-state index is 12.0. The summed E-state index contributed by atoms with van der Waals surface area (Å²) in [5.74, 6) is -1.15. The number of carboxylic acid groups (broad SMARTS) is 1. The highest BCUT2D eigenvalue weighted by atomic mass is 16.5. The third-order valence-electron chi connectivity index (χ3n) is 2.90. The number of amides is 2. The molecule has 7 nitrogen and oxygen atoms in total. The van der Waals surface area contributed by atoms with E-state index in [1.165, 1.54) is 0 Å². The number of aliphatic hydroxyl groups is 1. The van der Waals surface area contributed by atoms with Gasteiger partial charge in [-0.15, -0.1) is 0 Å². The Bertz CT molecular complexity index is 319. The number of carboxylic acids is 1. The van der Waals surface area contributed by atoms with Crippen molar-refractivity contribution in [1.29, 1.82) is 0 Å². The van der Waals surface area contributed by atoms with E-state index in [1.54, 1.807) is 4.90 Å². The van der Waals surface area contributed by atoms with E-state index in [0.29, 0.717) is 19.8 Å². The molecule has 0 saturated carbocycles. The SMILES string of the molecule is CC1(C)COCCN1C(=O)NC(CCO)C(=O)O. The van der Waals surface area contributed by atoms with Crippen LogP contribution in [0.15, 0.2) is 0 Å². The molecule has 0 spiro atoms. The summed E-state index contributed by atoms with van der Waals surface area (Å²) in [7, 11) is 0. The lowest BCUT2D eigenvalue weighted by atomic mass is 10.0. The third kappa shape index (κ3) is 3.58. The summed E-state index contributed by atoms with van der Waals surface area (Å²) in [4.78, 5) is 24.5. The van der Waals surface area contributed by atoms with E-state index >= 15 is 0 Å². The van der Waals surface area contributed by atoms with Crippen LogP contribution in [0.25, 0.3) is 0 Å². The highest BCUT2D eigenvalue weighted by Crippen LogP contribution is 2.19. The van der Waals surface area contributed by atoms with Gasteiger partial charge in [-0.3, -0.25) is 0 Å². The number of nitrogens with zero attached hydrogens (tertiary/aromatic N) is 1. The molecule has 1 rings (SSSR count). The van der Waals surface area contributed by atoms with Gasteiger partial charge >= 0.3 is 12.0 Å². The van der Waals surface area contributed by atoms with Crippen LogP contribution in [0, 0.1) is 0 Å². The minimum atomic E-state index is -1.15. The number of nitrogens with one attached hydrogen (secondary N) is 1. The van der Waals surface area contributed by atoms with Gasteiger partial charge in [0.2, 0.25) is 0 Å². The average Bonchev–Trinajstić information content (AvgIpc) is 2.27. The summed E-state index contributed by atoms with van der Waals surface area (Å²) >= 11 is 0. The number of rotatable bonds is 4. The number of ether oxygens (including phenoxy) is 1. The summed E-state index contributed by atoms with van der Waals surface area (Å²) < 4.78 is 5.29. The van der Waals surface area contributed by atoms with Crippen LogP contribution in [0.4, 0.5) is 4.79 Å². The number of aliphatic carboxylic acids is 1. The second-order valence-corrected chi connectivity index (χ2v) is 4.87. The van der Waals surface area contributed by atoms with Gasteiger partial charge in [-0.05, 0) is 13.8 Å². The summed E-state index contributed by atoms with van der Waals surface area (Å²) in [5, 5.41) is 20.1. The number of aliphatic hydroxyl groups excluding tert-OH is 1. The van der Waals surface area contributed by atoms with Gasteiger partial charge in [0.1, 0.15) is 6.04 Å². The molecule has 0 radical (unpaired) electrons. The molecule has 1 aliphatic rings. The molecular formula is C11H20N2O5. The quantitative estimate of drug-likeness (QED) is 0.641. The topological polar surface area (TPSA) is 99.1 Å². The minimum Gasteiger partial charge on any atom is -0.480 e. The van der Waals surface area contributed by atoms with E-state index in [4.69, 9.17) is 14.9 Å². The Morgan fingerprint density at radius 2 is 2.17 bits per heavy atom. The molecule has 0 aromatic rings. The Kier molecular flexibility index (Phi) is 4.92. The standard InChI is InChI=1S/C11H20N2O5/c1-11(2)7-18-6-4-13(11)10(17)12-8(3-5-14)9(15)16/h8,14H,3-7H2,1-2H3,(H,12,17)(H,15,16). The first-order valence-electron chi connectivity index (χ1n) is 5.88. The molecule has 0 aromatic carbocycles. The van der Waals surface area contributed by atoms with Crippen molar-refractivity contribution >= 4 is 12.0 Å². The highest BCUT2D eigenvalue weighted by Gasteiger charge is 2.35. The van der Waals surface area contributed by atoms with Crippen molar-refractivity contribution in [3.63, 3.8) is 0 Å². The van der Waals surface area contributed by atoms with Crippen molar-refractivity contribution in [2.45, 2.75) is 31.8 Å². The molecule has 0 aliphatic carbocycles. The zero-order chi connectivity index (χ0) is 13.8. The van der Waals surface area contributed by atoms with Gasteiger partial charge in [-0.2, -0.15) is 0 Å². The summed E-state index contributed by atoms with van der Waals surface area (Å²) in [6.45, 7) is 4.70. The number of hydrogen-bond donors (Lipinski definition) is 3. The number of carbonyl (C=O) groups excluding carboxylic acids is 1. The van der Waals surface area contributed by atoms with Crippen molar-refractivity contribution in [3.05, 3.63) is 0 Å². The lowest BCUT2D eigenvalue weighted by Gasteiger charge is -2.42. The van der Waals surface area contributed by atoms with Gasteiger partial charge in [0.25, 0.3) is 0 Å². The zero-order valence-corrected chi connectivity index (χ0v) is 10.7. The summed E-state index contributed by atoms with van der Waals surface area (Å²) in [6, 6.07) is -1.51. The molecule has 0 bridgehead atoms. The van der Waals surface area contributed by atoms with E-state index in [-0.39, 0.29) is 13.0 Å². The monoisotopic (exact) mass is 260 g/mol. The lowest BCUT2D eigenvalue weighted by molar-refractivity contribution is -0.139. The molecule has 1 fully saturated rings. The van der Waals surface area contributed by atoms with E-state index in [2.05, 4.69) is 5.32 Å². The first-order valence-corrected chi connectivity index (χ1v) is 5.88. The molecule has 1 unspecified atom stereocenters. The summed E-state index contributed by atoms with van der Waals surface area (Å²) in [6.07, 6.45) is -0.00809. The van der Waals surface area contributed by atoms with E-state index < -0.39 is 23.6 Å². The first-order chi connectivity index (χ1) is 8.38. The van der Waals surface area contributed by atoms with E-state index in [1.807, 2.05) is 13.8 Å². The molecule has 1 heterocycles. The molecule has 0 aromatic heterocycles. The molecule has 1 saturated heterocycles. The predicted octanol–water partition coefficient (Wildman–Crippen LogP) is -0.358. The minimum absolute atomic E-state index is 0.00809. The normalized spacial score (nSPS) is 20.3. The van der Waals surface area contributed by atoms with Gasteiger partial charge in [-0.1, -0.05) is 0 Å². The van der Waals surface area contributed by atoms with Crippen molar-refractivity contribution in [1.82, 2.24) is 10.2 Å². The maximum Gasteiger partial charge on any atom is 0.326 e. The largest absolute Gasteiger partial charge is 0.480 e. The molecule has 104 valence electrons. The number of carbonyl (C=O) groups is 2. The molecule has 2 amide bonds. The highest BCUT2D eigenvalue weighted by molar-refractivity contribution is 5.83. The molecular weight excluding hydrogens is 240 g/mol.